The number of benzene rings is 1. The van der Waals surface area contributed by atoms with E-state index >= 15 is 0 Å². The van der Waals surface area contributed by atoms with Crippen molar-refractivity contribution in [2.75, 3.05) is 0 Å². The van der Waals surface area contributed by atoms with Crippen LogP contribution in [0.4, 0.5) is 5.69 Å². The Bertz CT molecular complexity index is 237. The monoisotopic (exact) mass is 157 g/mol. The van der Waals surface area contributed by atoms with Crippen molar-refractivity contribution >= 4 is 17.3 Å². The van der Waals surface area contributed by atoms with Gasteiger partial charge in [-0.15, -0.1) is 0 Å². The van der Waals surface area contributed by atoms with E-state index in [2.05, 4.69) is 0 Å². The highest BCUT2D eigenvalue weighted by molar-refractivity contribution is 6.30. The van der Waals surface area contributed by atoms with Gasteiger partial charge in [-0.05, 0) is 13.0 Å². The first-order valence-corrected chi connectivity index (χ1v) is 3.33. The molecule has 0 fully saturated rings. The summed E-state index contributed by atoms with van der Waals surface area (Å²) < 4.78 is 0. The van der Waals surface area contributed by atoms with Crippen molar-refractivity contribution in [3.63, 3.8) is 0 Å². The van der Waals surface area contributed by atoms with Crippen LogP contribution in [0.3, 0.4) is 0 Å². The molecule has 0 radical (unpaired) electrons. The summed E-state index contributed by atoms with van der Waals surface area (Å²) >= 11 is 5.64. The fraction of sp³-hybridized carbons (Fsp3) is 0.143. The van der Waals surface area contributed by atoms with Gasteiger partial charge in [0.1, 0.15) is 5.69 Å². The molecule has 0 unspecified atom stereocenters. The van der Waals surface area contributed by atoms with Gasteiger partial charge in [0.2, 0.25) is 0 Å². The van der Waals surface area contributed by atoms with Crippen molar-refractivity contribution in [2.24, 2.45) is 0 Å². The van der Waals surface area contributed by atoms with Crippen molar-refractivity contribution < 1.29 is 5.48 Å². The van der Waals surface area contributed by atoms with Gasteiger partial charge >= 0.3 is 0 Å². The van der Waals surface area contributed by atoms with Gasteiger partial charge in [-0.25, -0.2) is 0 Å². The Morgan fingerprint density at radius 1 is 1.50 bits per heavy atom. The molecule has 54 valence electrons. The number of hydrogen-bond donors (Lipinski definition) is 1. The first-order chi connectivity index (χ1) is 4.74. The molecular formula is C7H8ClNO. The maximum Gasteiger partial charge on any atom is 0.133 e. The Balaban J connectivity index is 3.09. The lowest BCUT2D eigenvalue weighted by Crippen LogP contribution is -2.70. The van der Waals surface area contributed by atoms with Crippen LogP contribution >= 0.6 is 11.6 Å². The highest BCUT2D eigenvalue weighted by Gasteiger charge is 1.97. The van der Waals surface area contributed by atoms with Gasteiger partial charge in [-0.1, -0.05) is 17.7 Å². The van der Waals surface area contributed by atoms with E-state index < -0.39 is 0 Å². The first kappa shape index (κ1) is 7.54. The normalized spacial score (nSPS) is 9.90. The number of nitrogens with two attached hydrogens (primary N) is 1. The van der Waals surface area contributed by atoms with Crippen molar-refractivity contribution in [2.45, 2.75) is 6.92 Å². The summed E-state index contributed by atoms with van der Waals surface area (Å²) in [4.78, 5) is 0. The molecule has 0 aromatic heterocycles. The van der Waals surface area contributed by atoms with Crippen LogP contribution in [0, 0.1) is 12.1 Å². The maximum atomic E-state index is 10.3. The molecule has 0 heterocycles. The topological polar surface area (TPSA) is 39.7 Å². The molecule has 0 aliphatic carbocycles. The van der Waals surface area contributed by atoms with Crippen molar-refractivity contribution in [3.8, 4) is 0 Å². The summed E-state index contributed by atoms with van der Waals surface area (Å²) in [5, 5.41) is 10.9. The van der Waals surface area contributed by atoms with Crippen LogP contribution in [0.25, 0.3) is 0 Å². The molecule has 1 rings (SSSR count). The first-order valence-electron chi connectivity index (χ1n) is 2.95. The minimum absolute atomic E-state index is 0.604. The Morgan fingerprint density at radius 3 is 2.70 bits per heavy atom. The Hall–Kier alpha value is -0.570. The number of halogens is 1. The van der Waals surface area contributed by atoms with Crippen LogP contribution in [0.1, 0.15) is 5.56 Å². The van der Waals surface area contributed by atoms with E-state index in [1.54, 1.807) is 12.1 Å². The predicted octanol–water partition coefficient (Wildman–Crippen LogP) is 1.34. The molecular weight excluding hydrogens is 150 g/mol. The van der Waals surface area contributed by atoms with Gasteiger partial charge < -0.3 is 10.7 Å². The SMILES string of the molecule is Cc1ccc(Cl)cc1[NH2+][O-]. The summed E-state index contributed by atoms with van der Waals surface area (Å²) in [5.41, 5.74) is 2.42. The van der Waals surface area contributed by atoms with Crippen molar-refractivity contribution in [1.29, 1.82) is 0 Å². The third-order valence-electron chi connectivity index (χ3n) is 1.37. The van der Waals surface area contributed by atoms with Gasteiger partial charge in [0.05, 0.1) is 0 Å². The average Bonchev–Trinajstić information content (AvgIpc) is 1.94. The van der Waals surface area contributed by atoms with E-state index in [1.165, 1.54) is 0 Å². The predicted molar refractivity (Wildman–Crippen MR) is 41.1 cm³/mol. The van der Waals surface area contributed by atoms with E-state index in [4.69, 9.17) is 11.6 Å². The second-order valence-electron chi connectivity index (χ2n) is 2.12. The molecule has 1 aromatic rings. The molecule has 2 N–H and O–H groups in total. The van der Waals surface area contributed by atoms with E-state index in [9.17, 15) is 5.21 Å². The zero-order valence-corrected chi connectivity index (χ0v) is 6.35. The van der Waals surface area contributed by atoms with Gasteiger partial charge in [-0.2, -0.15) is 0 Å². The molecule has 2 nitrogen and oxygen atoms in total. The summed E-state index contributed by atoms with van der Waals surface area (Å²) in [6.45, 7) is 1.88. The quantitative estimate of drug-likeness (QED) is 0.485. The van der Waals surface area contributed by atoms with E-state index in [0.717, 1.165) is 11.0 Å². The molecule has 0 atom stereocenters. The summed E-state index contributed by atoms with van der Waals surface area (Å²) in [6.07, 6.45) is 0. The van der Waals surface area contributed by atoms with Crippen molar-refractivity contribution in [1.82, 2.24) is 0 Å². The van der Waals surface area contributed by atoms with Gasteiger partial charge in [0, 0.05) is 16.7 Å². The minimum Gasteiger partial charge on any atom is -0.630 e. The molecule has 3 heteroatoms. The maximum absolute atomic E-state index is 10.3. The molecule has 0 bridgehead atoms. The lowest BCUT2D eigenvalue weighted by Gasteiger charge is -2.04. The Morgan fingerprint density at radius 2 is 2.20 bits per heavy atom. The molecule has 0 saturated carbocycles. The third kappa shape index (κ3) is 1.48. The molecule has 0 spiro atoms. The Labute approximate surface area is 64.4 Å². The van der Waals surface area contributed by atoms with Crippen LogP contribution in [-0.4, -0.2) is 0 Å². The summed E-state index contributed by atoms with van der Waals surface area (Å²) in [7, 11) is 0. The Kier molecular flexibility index (Phi) is 2.27. The molecule has 0 saturated heterocycles. The fourth-order valence-corrected chi connectivity index (χ4v) is 0.919. The number of quaternary nitrogens is 1. The van der Waals surface area contributed by atoms with Crippen LogP contribution < -0.4 is 5.48 Å². The van der Waals surface area contributed by atoms with Crippen molar-refractivity contribution in [3.05, 3.63) is 34.0 Å². The molecule has 1 aromatic carbocycles. The van der Waals surface area contributed by atoms with Gasteiger partial charge in [-0.3, -0.25) is 0 Å². The van der Waals surface area contributed by atoms with Gasteiger partial charge in [0.25, 0.3) is 0 Å². The third-order valence-corrected chi connectivity index (χ3v) is 1.60. The second-order valence-corrected chi connectivity index (χ2v) is 2.56. The lowest BCUT2D eigenvalue weighted by molar-refractivity contribution is -0.497. The lowest BCUT2D eigenvalue weighted by atomic mass is 10.2. The van der Waals surface area contributed by atoms with Crippen LogP contribution in [-0.2, 0) is 0 Å². The fourth-order valence-electron chi connectivity index (χ4n) is 0.738. The number of rotatable bonds is 1. The zero-order chi connectivity index (χ0) is 7.56. The second kappa shape index (κ2) is 3.01. The highest BCUT2D eigenvalue weighted by Crippen LogP contribution is 2.15. The van der Waals surface area contributed by atoms with E-state index in [1.807, 2.05) is 13.0 Å². The molecule has 0 amide bonds. The molecule has 0 aliphatic heterocycles. The summed E-state index contributed by atoms with van der Waals surface area (Å²) in [6, 6.07) is 5.25. The molecule has 10 heavy (non-hydrogen) atoms. The van der Waals surface area contributed by atoms with E-state index in [0.29, 0.717) is 10.7 Å². The van der Waals surface area contributed by atoms with Crippen LogP contribution in [0.15, 0.2) is 18.2 Å². The number of hydrogen-bond acceptors (Lipinski definition) is 1. The standard InChI is InChI=1S/C7H8ClNO/c1-5-2-3-6(8)4-7(5)9-10/h2-4H,9H2,1H3. The van der Waals surface area contributed by atoms with Crippen LogP contribution in [0.2, 0.25) is 5.02 Å². The zero-order valence-electron chi connectivity index (χ0n) is 5.60. The average molecular weight is 158 g/mol. The molecule has 0 aliphatic rings. The van der Waals surface area contributed by atoms with Crippen LogP contribution in [0.5, 0.6) is 0 Å². The highest BCUT2D eigenvalue weighted by atomic mass is 35.5. The largest absolute Gasteiger partial charge is 0.630 e. The summed E-state index contributed by atoms with van der Waals surface area (Å²) in [5.74, 6) is 0. The minimum atomic E-state index is 0.604. The van der Waals surface area contributed by atoms with Gasteiger partial charge in [0.15, 0.2) is 0 Å². The number of aryl methyl sites for hydroxylation is 1. The van der Waals surface area contributed by atoms with E-state index in [-0.39, 0.29) is 0 Å². The smallest absolute Gasteiger partial charge is 0.133 e.